The number of carbonyl (C=O) groups is 1. The van der Waals surface area contributed by atoms with E-state index in [4.69, 9.17) is 19.6 Å². The van der Waals surface area contributed by atoms with Crippen LogP contribution in [0.25, 0.3) is 22.1 Å². The molecule has 0 saturated carbocycles. The predicted octanol–water partition coefficient (Wildman–Crippen LogP) is 5.74. The van der Waals surface area contributed by atoms with Crippen molar-refractivity contribution in [2.45, 2.75) is 32.2 Å². The quantitative estimate of drug-likeness (QED) is 0.321. The van der Waals surface area contributed by atoms with Gasteiger partial charge in [-0.25, -0.2) is 0 Å². The maximum atomic E-state index is 13.1. The molecular weight excluding hydrogens is 461 g/mol. The van der Waals surface area contributed by atoms with Crippen molar-refractivity contribution in [1.29, 1.82) is 0 Å². The Hall–Kier alpha value is -3.85. The minimum atomic E-state index is -4.61. The van der Waals surface area contributed by atoms with Crippen molar-refractivity contribution in [1.82, 2.24) is 4.98 Å². The Bertz CT molecular complexity index is 1330. The molecule has 2 aromatic heterocycles. The van der Waals surface area contributed by atoms with Gasteiger partial charge in [0.1, 0.15) is 24.0 Å². The van der Waals surface area contributed by atoms with Crippen LogP contribution in [-0.4, -0.2) is 23.7 Å². The van der Waals surface area contributed by atoms with Gasteiger partial charge in [0.15, 0.2) is 0 Å². The topological polar surface area (TPSA) is 87.6 Å². The summed E-state index contributed by atoms with van der Waals surface area (Å²) in [5, 5.41) is 0.763. The van der Waals surface area contributed by atoms with Crippen LogP contribution in [0, 0.1) is 0 Å². The van der Waals surface area contributed by atoms with Gasteiger partial charge in [-0.1, -0.05) is 18.2 Å². The average molecular weight is 484 g/mol. The number of aromatic nitrogens is 1. The van der Waals surface area contributed by atoms with Crippen LogP contribution in [-0.2, 0) is 22.6 Å². The highest BCUT2D eigenvalue weighted by Crippen LogP contribution is 2.35. The van der Waals surface area contributed by atoms with Crippen LogP contribution in [0.3, 0.4) is 0 Å². The summed E-state index contributed by atoms with van der Waals surface area (Å²) in [7, 11) is 0. The first-order valence-corrected chi connectivity index (χ1v) is 10.9. The molecule has 1 atom stereocenters. The van der Waals surface area contributed by atoms with E-state index in [0.29, 0.717) is 34.6 Å². The second kappa shape index (κ2) is 10.2. The van der Waals surface area contributed by atoms with Gasteiger partial charge in [-0.3, -0.25) is 9.78 Å². The van der Waals surface area contributed by atoms with Gasteiger partial charge < -0.3 is 19.6 Å². The van der Waals surface area contributed by atoms with Gasteiger partial charge in [-0.2, -0.15) is 13.2 Å². The van der Waals surface area contributed by atoms with E-state index in [2.05, 4.69) is 4.98 Å². The van der Waals surface area contributed by atoms with E-state index in [9.17, 15) is 18.0 Å². The lowest BCUT2D eigenvalue weighted by atomic mass is 9.99. The molecule has 0 aliphatic heterocycles. The third-order valence-corrected chi connectivity index (χ3v) is 5.38. The number of nitrogens with zero attached hydrogens (tertiary/aromatic N) is 1. The second-order valence-corrected chi connectivity index (χ2v) is 7.85. The Labute approximate surface area is 199 Å². The van der Waals surface area contributed by atoms with Gasteiger partial charge in [0.05, 0.1) is 25.0 Å². The zero-order valence-corrected chi connectivity index (χ0v) is 18.8. The zero-order chi connectivity index (χ0) is 25.0. The highest BCUT2D eigenvalue weighted by atomic mass is 19.4. The standard InChI is InChI=1S/C26H23F3N2O4/c1-2-33-23(32)14-18-5-3-4-6-22(18)35-15-16-11-19-8-10-34-24(19)20(12-16)17-7-9-31-21(13-17)25(30)26(27,28)29/h3-13,25H,2,14-15,30H2,1H3/t25-/m1/s1. The van der Waals surface area contributed by atoms with Crippen molar-refractivity contribution >= 4 is 16.9 Å². The smallest absolute Gasteiger partial charge is 0.409 e. The third-order valence-electron chi connectivity index (χ3n) is 5.38. The molecule has 0 bridgehead atoms. The van der Waals surface area contributed by atoms with Crippen LogP contribution in [0.15, 0.2) is 71.5 Å². The Morgan fingerprint density at radius 1 is 1.14 bits per heavy atom. The molecule has 4 rings (SSSR count). The van der Waals surface area contributed by atoms with Crippen molar-refractivity contribution < 1.29 is 31.9 Å². The third kappa shape index (κ3) is 5.63. The van der Waals surface area contributed by atoms with Crippen molar-refractivity contribution in [3.8, 4) is 16.9 Å². The number of esters is 1. The van der Waals surface area contributed by atoms with E-state index in [1.54, 1.807) is 43.3 Å². The zero-order valence-electron chi connectivity index (χ0n) is 18.8. The van der Waals surface area contributed by atoms with Gasteiger partial charge in [-0.05, 0) is 54.4 Å². The summed E-state index contributed by atoms with van der Waals surface area (Å²) in [5.41, 5.74) is 8.12. The van der Waals surface area contributed by atoms with Crippen LogP contribution >= 0.6 is 0 Å². The molecule has 0 unspecified atom stereocenters. The number of nitrogens with two attached hydrogens (primary N) is 1. The number of benzene rings is 2. The van der Waals surface area contributed by atoms with Crippen LogP contribution in [0.5, 0.6) is 5.75 Å². The van der Waals surface area contributed by atoms with Gasteiger partial charge in [0.25, 0.3) is 0 Å². The fraction of sp³-hybridized carbons (Fsp3) is 0.231. The number of pyridine rings is 1. The molecule has 0 aliphatic rings. The summed E-state index contributed by atoms with van der Waals surface area (Å²) < 4.78 is 56.0. The number of ether oxygens (including phenoxy) is 2. The molecule has 0 radical (unpaired) electrons. The largest absolute Gasteiger partial charge is 0.489 e. The van der Waals surface area contributed by atoms with E-state index < -0.39 is 12.2 Å². The van der Waals surface area contributed by atoms with E-state index >= 15 is 0 Å². The maximum absolute atomic E-state index is 13.1. The van der Waals surface area contributed by atoms with Crippen LogP contribution in [0.2, 0.25) is 0 Å². The number of hydrogen-bond acceptors (Lipinski definition) is 6. The lowest BCUT2D eigenvalue weighted by Crippen LogP contribution is -2.29. The van der Waals surface area contributed by atoms with Crippen LogP contribution in [0.4, 0.5) is 13.2 Å². The maximum Gasteiger partial charge on any atom is 0.409 e. The highest BCUT2D eigenvalue weighted by Gasteiger charge is 2.39. The summed E-state index contributed by atoms with van der Waals surface area (Å²) in [6.45, 7) is 2.19. The number of hydrogen-bond donors (Lipinski definition) is 1. The number of fused-ring (bicyclic) bond motifs is 1. The summed E-state index contributed by atoms with van der Waals surface area (Å²) >= 11 is 0. The minimum absolute atomic E-state index is 0.0787. The van der Waals surface area contributed by atoms with Crippen molar-refractivity contribution in [2.24, 2.45) is 5.73 Å². The molecule has 0 aliphatic carbocycles. The molecule has 4 aromatic rings. The molecular formula is C26H23F3N2O4. The molecule has 0 fully saturated rings. The van der Waals surface area contributed by atoms with Crippen molar-refractivity contribution in [3.05, 3.63) is 83.9 Å². The number of rotatable bonds is 8. The second-order valence-electron chi connectivity index (χ2n) is 7.85. The molecule has 6 nitrogen and oxygen atoms in total. The Morgan fingerprint density at radius 2 is 1.94 bits per heavy atom. The van der Waals surface area contributed by atoms with E-state index in [1.807, 2.05) is 12.1 Å². The predicted molar refractivity (Wildman–Crippen MR) is 124 cm³/mol. The molecule has 0 amide bonds. The number of halogens is 3. The fourth-order valence-corrected chi connectivity index (χ4v) is 3.71. The van der Waals surface area contributed by atoms with E-state index in [-0.39, 0.29) is 24.7 Å². The minimum Gasteiger partial charge on any atom is -0.489 e. The summed E-state index contributed by atoms with van der Waals surface area (Å²) in [6.07, 6.45) is -1.73. The molecule has 2 N–H and O–H groups in total. The average Bonchev–Trinajstić information content (AvgIpc) is 3.31. The van der Waals surface area contributed by atoms with Gasteiger partial charge in [0.2, 0.25) is 0 Å². The van der Waals surface area contributed by atoms with Gasteiger partial charge in [-0.15, -0.1) is 0 Å². The highest BCUT2D eigenvalue weighted by molar-refractivity contribution is 5.93. The first-order chi connectivity index (χ1) is 16.8. The van der Waals surface area contributed by atoms with Crippen LogP contribution < -0.4 is 10.5 Å². The van der Waals surface area contributed by atoms with Gasteiger partial charge >= 0.3 is 12.1 Å². The van der Waals surface area contributed by atoms with E-state index in [0.717, 1.165) is 10.9 Å². The lowest BCUT2D eigenvalue weighted by molar-refractivity contribution is -0.150. The molecule has 0 spiro atoms. The van der Waals surface area contributed by atoms with Crippen molar-refractivity contribution in [3.63, 3.8) is 0 Å². The Balaban J connectivity index is 1.63. The normalized spacial score (nSPS) is 12.5. The summed E-state index contributed by atoms with van der Waals surface area (Å²) in [4.78, 5) is 15.7. The SMILES string of the molecule is CCOC(=O)Cc1ccccc1OCc1cc(-c2ccnc([C@@H](N)C(F)(F)F)c2)c2occc2c1. The fourth-order valence-electron chi connectivity index (χ4n) is 3.71. The first-order valence-electron chi connectivity index (χ1n) is 10.9. The Kier molecular flexibility index (Phi) is 7.07. The molecule has 2 aromatic carbocycles. The van der Waals surface area contributed by atoms with E-state index in [1.165, 1.54) is 18.5 Å². The molecule has 2 heterocycles. The number of carbonyl (C=O) groups excluding carboxylic acids is 1. The number of para-hydroxylation sites is 1. The van der Waals surface area contributed by atoms with Crippen molar-refractivity contribution in [2.75, 3.05) is 6.61 Å². The molecule has 182 valence electrons. The summed E-state index contributed by atoms with van der Waals surface area (Å²) in [6, 6.07) is 13.3. The number of furan rings is 1. The molecule has 0 saturated heterocycles. The Morgan fingerprint density at radius 3 is 2.71 bits per heavy atom. The number of alkyl halides is 3. The lowest BCUT2D eigenvalue weighted by Gasteiger charge is -2.16. The molecule has 35 heavy (non-hydrogen) atoms. The van der Waals surface area contributed by atoms with Gasteiger partial charge in [0, 0.05) is 22.7 Å². The monoisotopic (exact) mass is 484 g/mol. The first kappa shape index (κ1) is 24.3. The summed E-state index contributed by atoms with van der Waals surface area (Å²) in [5.74, 6) is 0.188. The van der Waals surface area contributed by atoms with Crippen LogP contribution in [0.1, 0.15) is 29.8 Å². The molecule has 9 heteroatoms.